The van der Waals surface area contributed by atoms with Gasteiger partial charge in [-0.2, -0.15) is 0 Å². The normalized spacial score (nSPS) is 9.12. The molecule has 0 saturated heterocycles. The van der Waals surface area contributed by atoms with Gasteiger partial charge in [0.2, 0.25) is 5.56 Å². The molecule has 0 saturated carbocycles. The standard InChI is InChI=1S/2C6H7NO/c1-5-3-2-4-7-6(5)8;1-5-3-2-4-6(8)7-5/h2*2-4H,1H3,(H,7,8). The zero-order valence-corrected chi connectivity index (χ0v) is 9.28. The van der Waals surface area contributed by atoms with Crippen molar-refractivity contribution in [1.29, 1.82) is 0 Å². The predicted molar refractivity (Wildman–Crippen MR) is 63.6 cm³/mol. The molecule has 2 aromatic rings. The van der Waals surface area contributed by atoms with Crippen LogP contribution in [0.25, 0.3) is 0 Å². The number of pyridine rings is 2. The van der Waals surface area contributed by atoms with E-state index in [0.29, 0.717) is 0 Å². The van der Waals surface area contributed by atoms with Gasteiger partial charge in [0, 0.05) is 23.5 Å². The fraction of sp³-hybridized carbons (Fsp3) is 0.167. The maximum Gasteiger partial charge on any atom is 0.250 e. The summed E-state index contributed by atoms with van der Waals surface area (Å²) in [5.41, 5.74) is 1.61. The summed E-state index contributed by atoms with van der Waals surface area (Å²) in [6, 6.07) is 8.65. The smallest absolute Gasteiger partial charge is 0.250 e. The molecule has 4 heteroatoms. The van der Waals surface area contributed by atoms with Gasteiger partial charge in [0.05, 0.1) is 0 Å². The lowest BCUT2D eigenvalue weighted by Gasteiger charge is -1.84. The molecule has 0 amide bonds. The van der Waals surface area contributed by atoms with E-state index < -0.39 is 0 Å². The number of rotatable bonds is 0. The fourth-order valence-corrected chi connectivity index (χ4v) is 1.06. The summed E-state index contributed by atoms with van der Waals surface area (Å²) in [6.45, 7) is 3.63. The van der Waals surface area contributed by atoms with Gasteiger partial charge in [-0.3, -0.25) is 9.59 Å². The maximum atomic E-state index is 10.6. The predicted octanol–water partition coefficient (Wildman–Crippen LogP) is 1.37. The van der Waals surface area contributed by atoms with E-state index in [-0.39, 0.29) is 11.1 Å². The monoisotopic (exact) mass is 218 g/mol. The van der Waals surface area contributed by atoms with Crippen LogP contribution in [-0.2, 0) is 0 Å². The molecular weight excluding hydrogens is 204 g/mol. The van der Waals surface area contributed by atoms with Crippen molar-refractivity contribution >= 4 is 0 Å². The third-order valence-electron chi connectivity index (χ3n) is 1.93. The number of nitrogens with one attached hydrogen (secondary N) is 2. The van der Waals surface area contributed by atoms with Gasteiger partial charge in [0.15, 0.2) is 0 Å². The van der Waals surface area contributed by atoms with Gasteiger partial charge in [-0.25, -0.2) is 0 Å². The maximum absolute atomic E-state index is 10.6. The van der Waals surface area contributed by atoms with E-state index in [9.17, 15) is 9.59 Å². The average Bonchev–Trinajstić information content (AvgIpc) is 2.23. The van der Waals surface area contributed by atoms with Crippen molar-refractivity contribution in [1.82, 2.24) is 9.97 Å². The van der Waals surface area contributed by atoms with Gasteiger partial charge in [-0.05, 0) is 26.0 Å². The lowest BCUT2D eigenvalue weighted by Crippen LogP contribution is -2.06. The van der Waals surface area contributed by atoms with Crippen molar-refractivity contribution in [2.45, 2.75) is 13.8 Å². The summed E-state index contributed by atoms with van der Waals surface area (Å²) < 4.78 is 0. The van der Waals surface area contributed by atoms with Gasteiger partial charge in [-0.1, -0.05) is 12.1 Å². The average molecular weight is 218 g/mol. The summed E-state index contributed by atoms with van der Waals surface area (Å²) in [5, 5.41) is 0. The second-order valence-electron chi connectivity index (χ2n) is 3.38. The number of aromatic amines is 2. The highest BCUT2D eigenvalue weighted by atomic mass is 16.1. The van der Waals surface area contributed by atoms with Gasteiger partial charge >= 0.3 is 0 Å². The highest BCUT2D eigenvalue weighted by molar-refractivity contribution is 5.05. The molecule has 4 nitrogen and oxygen atoms in total. The number of hydrogen-bond donors (Lipinski definition) is 2. The van der Waals surface area contributed by atoms with Crippen LogP contribution in [0.15, 0.2) is 46.1 Å². The highest BCUT2D eigenvalue weighted by Gasteiger charge is 1.83. The molecule has 0 aromatic carbocycles. The molecule has 0 radical (unpaired) electrons. The van der Waals surface area contributed by atoms with Gasteiger partial charge in [0.25, 0.3) is 5.56 Å². The van der Waals surface area contributed by atoms with Crippen LogP contribution in [0.5, 0.6) is 0 Å². The third kappa shape index (κ3) is 3.96. The van der Waals surface area contributed by atoms with Crippen LogP contribution in [0.4, 0.5) is 0 Å². The summed E-state index contributed by atoms with van der Waals surface area (Å²) in [7, 11) is 0. The second-order valence-corrected chi connectivity index (χ2v) is 3.38. The van der Waals surface area contributed by atoms with Crippen LogP contribution in [0.2, 0.25) is 0 Å². The van der Waals surface area contributed by atoms with E-state index >= 15 is 0 Å². The molecule has 2 aromatic heterocycles. The van der Waals surface area contributed by atoms with Crippen LogP contribution in [0, 0.1) is 13.8 Å². The van der Waals surface area contributed by atoms with E-state index in [4.69, 9.17) is 0 Å². The van der Waals surface area contributed by atoms with Crippen LogP contribution in [-0.4, -0.2) is 9.97 Å². The molecular formula is C12H14N2O2. The molecule has 0 spiro atoms. The summed E-state index contributed by atoms with van der Waals surface area (Å²) in [5.74, 6) is 0. The SMILES string of the molecule is Cc1ccc[nH]c1=O.Cc1cccc(=O)[nH]1. The number of hydrogen-bond acceptors (Lipinski definition) is 2. The molecule has 2 rings (SSSR count). The molecule has 0 bridgehead atoms. The Balaban J connectivity index is 0.000000160. The first-order valence-corrected chi connectivity index (χ1v) is 4.90. The molecule has 0 atom stereocenters. The van der Waals surface area contributed by atoms with Crippen molar-refractivity contribution in [3.05, 3.63) is 68.5 Å². The number of aryl methyl sites for hydroxylation is 2. The number of aromatic nitrogens is 2. The van der Waals surface area contributed by atoms with Crippen LogP contribution in [0.3, 0.4) is 0 Å². The van der Waals surface area contributed by atoms with Gasteiger partial charge < -0.3 is 9.97 Å². The molecule has 0 aliphatic heterocycles. The van der Waals surface area contributed by atoms with Crippen molar-refractivity contribution < 1.29 is 0 Å². The molecule has 2 N–H and O–H groups in total. The Hall–Kier alpha value is -2.10. The summed E-state index contributed by atoms with van der Waals surface area (Å²) in [4.78, 5) is 26.2. The lowest BCUT2D eigenvalue weighted by atomic mass is 10.3. The Morgan fingerprint density at radius 2 is 1.75 bits per heavy atom. The first kappa shape index (κ1) is 12.0. The summed E-state index contributed by atoms with van der Waals surface area (Å²) >= 11 is 0. The van der Waals surface area contributed by atoms with Crippen LogP contribution in [0.1, 0.15) is 11.3 Å². The molecule has 16 heavy (non-hydrogen) atoms. The minimum absolute atomic E-state index is 0.00694. The minimum Gasteiger partial charge on any atom is -0.329 e. The van der Waals surface area contributed by atoms with Crippen molar-refractivity contribution in [3.8, 4) is 0 Å². The highest BCUT2D eigenvalue weighted by Crippen LogP contribution is 1.82. The Morgan fingerprint density at radius 1 is 1.00 bits per heavy atom. The van der Waals surface area contributed by atoms with Crippen LogP contribution < -0.4 is 11.1 Å². The first-order valence-electron chi connectivity index (χ1n) is 4.90. The molecule has 2 heterocycles. The van der Waals surface area contributed by atoms with Crippen molar-refractivity contribution in [2.24, 2.45) is 0 Å². The molecule has 0 fully saturated rings. The zero-order valence-electron chi connectivity index (χ0n) is 9.28. The van der Waals surface area contributed by atoms with Gasteiger partial charge in [0.1, 0.15) is 0 Å². The van der Waals surface area contributed by atoms with E-state index in [1.165, 1.54) is 6.07 Å². The van der Waals surface area contributed by atoms with E-state index in [1.807, 2.05) is 13.0 Å². The van der Waals surface area contributed by atoms with E-state index in [0.717, 1.165) is 11.3 Å². The van der Waals surface area contributed by atoms with E-state index in [2.05, 4.69) is 9.97 Å². The van der Waals surface area contributed by atoms with Crippen molar-refractivity contribution in [3.63, 3.8) is 0 Å². The lowest BCUT2D eigenvalue weighted by molar-refractivity contribution is 1.14. The molecule has 0 aliphatic carbocycles. The Kier molecular flexibility index (Phi) is 4.27. The zero-order chi connectivity index (χ0) is 12.0. The third-order valence-corrected chi connectivity index (χ3v) is 1.93. The van der Waals surface area contributed by atoms with Gasteiger partial charge in [-0.15, -0.1) is 0 Å². The fourth-order valence-electron chi connectivity index (χ4n) is 1.06. The topological polar surface area (TPSA) is 65.7 Å². The van der Waals surface area contributed by atoms with Crippen LogP contribution >= 0.6 is 0 Å². The Labute approximate surface area is 93.0 Å². The minimum atomic E-state index is -0.0370. The largest absolute Gasteiger partial charge is 0.329 e. The quantitative estimate of drug-likeness (QED) is 0.701. The molecule has 0 unspecified atom stereocenters. The number of H-pyrrole nitrogens is 2. The Morgan fingerprint density at radius 3 is 2.12 bits per heavy atom. The second kappa shape index (κ2) is 5.70. The van der Waals surface area contributed by atoms with Crippen molar-refractivity contribution in [2.75, 3.05) is 0 Å². The molecule has 84 valence electrons. The first-order chi connectivity index (χ1) is 7.59. The van der Waals surface area contributed by atoms with E-state index in [1.54, 1.807) is 31.3 Å². The summed E-state index contributed by atoms with van der Waals surface area (Å²) in [6.07, 6.45) is 1.62. The Bertz CT molecular complexity index is 555. The molecule has 0 aliphatic rings.